The molecule has 1 atom stereocenters. The van der Waals surface area contributed by atoms with Gasteiger partial charge >= 0.3 is 0 Å². The van der Waals surface area contributed by atoms with Crippen LogP contribution in [-0.2, 0) is 6.42 Å². The van der Waals surface area contributed by atoms with E-state index in [-0.39, 0.29) is 0 Å². The van der Waals surface area contributed by atoms with Crippen LogP contribution in [0.5, 0.6) is 0 Å². The van der Waals surface area contributed by atoms with Crippen LogP contribution in [0.3, 0.4) is 0 Å². The van der Waals surface area contributed by atoms with E-state index in [1.165, 1.54) is 29.5 Å². The molecule has 0 saturated carbocycles. The van der Waals surface area contributed by atoms with Crippen molar-refractivity contribution in [3.8, 4) is 11.1 Å². The van der Waals surface area contributed by atoms with Crippen LogP contribution in [0.2, 0.25) is 0 Å². The SMILES string of the molecule is CCCCc1ccc(-c2ccc3c(c2)N(C)C(O)C=C3)cc1. The van der Waals surface area contributed by atoms with Crippen LogP contribution in [-0.4, -0.2) is 18.4 Å². The third-order valence-corrected chi connectivity index (χ3v) is 4.36. The Balaban J connectivity index is 1.88. The maximum absolute atomic E-state index is 9.94. The summed E-state index contributed by atoms with van der Waals surface area (Å²) in [6, 6.07) is 15.3. The Hall–Kier alpha value is -2.06. The molecule has 2 heteroatoms. The molecule has 2 aromatic carbocycles. The Morgan fingerprint density at radius 2 is 1.77 bits per heavy atom. The molecule has 0 bridgehead atoms. The third kappa shape index (κ3) is 2.93. The average Bonchev–Trinajstić information content (AvgIpc) is 2.57. The first-order chi connectivity index (χ1) is 10.7. The van der Waals surface area contributed by atoms with Gasteiger partial charge in [0.1, 0.15) is 6.23 Å². The predicted octanol–water partition coefficient (Wildman–Crippen LogP) is 4.48. The molecule has 0 amide bonds. The minimum absolute atomic E-state index is 0.542. The van der Waals surface area contributed by atoms with Crippen molar-refractivity contribution in [2.45, 2.75) is 32.4 Å². The summed E-state index contributed by atoms with van der Waals surface area (Å²) in [7, 11) is 1.92. The number of benzene rings is 2. The van der Waals surface area contributed by atoms with Gasteiger partial charge in [-0.3, -0.25) is 0 Å². The standard InChI is InChI=1S/C20H23NO/c1-3-4-5-15-6-8-16(9-7-15)18-11-10-17-12-13-20(22)21(2)19(17)14-18/h6-14,20,22H,3-5H2,1-2H3. The van der Waals surface area contributed by atoms with Gasteiger partial charge in [-0.2, -0.15) is 0 Å². The van der Waals surface area contributed by atoms with Crippen molar-refractivity contribution in [3.05, 3.63) is 59.7 Å². The average molecular weight is 293 g/mol. The van der Waals surface area contributed by atoms with Crippen LogP contribution in [0.1, 0.15) is 30.9 Å². The monoisotopic (exact) mass is 293 g/mol. The molecule has 1 aliphatic heterocycles. The second-order valence-electron chi connectivity index (χ2n) is 5.96. The first-order valence-electron chi connectivity index (χ1n) is 8.01. The second kappa shape index (κ2) is 6.37. The number of aliphatic hydroxyl groups is 1. The van der Waals surface area contributed by atoms with Crippen molar-refractivity contribution in [1.29, 1.82) is 0 Å². The molecule has 0 aromatic heterocycles. The highest BCUT2D eigenvalue weighted by Gasteiger charge is 2.17. The van der Waals surface area contributed by atoms with Crippen LogP contribution >= 0.6 is 0 Å². The Morgan fingerprint density at radius 3 is 2.50 bits per heavy atom. The molecular formula is C20H23NO. The molecule has 0 fully saturated rings. The predicted molar refractivity (Wildman–Crippen MR) is 93.9 cm³/mol. The Labute approximate surface area is 132 Å². The maximum Gasteiger partial charge on any atom is 0.146 e. The quantitative estimate of drug-likeness (QED) is 0.898. The van der Waals surface area contributed by atoms with E-state index in [4.69, 9.17) is 0 Å². The summed E-state index contributed by atoms with van der Waals surface area (Å²) in [6.45, 7) is 2.22. The Bertz CT molecular complexity index is 673. The van der Waals surface area contributed by atoms with E-state index in [1.807, 2.05) is 24.1 Å². The van der Waals surface area contributed by atoms with Gasteiger partial charge in [-0.05, 0) is 47.2 Å². The molecule has 1 N–H and O–H groups in total. The van der Waals surface area contributed by atoms with E-state index in [1.54, 1.807) is 0 Å². The van der Waals surface area contributed by atoms with Crippen molar-refractivity contribution in [2.24, 2.45) is 0 Å². The summed E-state index contributed by atoms with van der Waals surface area (Å²) in [5, 5.41) is 9.94. The number of aryl methyl sites for hydroxylation is 1. The fraction of sp³-hybridized carbons (Fsp3) is 0.300. The molecule has 0 saturated heterocycles. The van der Waals surface area contributed by atoms with Crippen LogP contribution in [0.4, 0.5) is 5.69 Å². The van der Waals surface area contributed by atoms with Crippen molar-refractivity contribution in [1.82, 2.24) is 0 Å². The third-order valence-electron chi connectivity index (χ3n) is 4.36. The van der Waals surface area contributed by atoms with E-state index < -0.39 is 6.23 Å². The van der Waals surface area contributed by atoms with Gasteiger partial charge in [0, 0.05) is 12.7 Å². The lowest BCUT2D eigenvalue weighted by Crippen LogP contribution is -2.31. The number of unbranched alkanes of at least 4 members (excludes halogenated alkanes) is 1. The zero-order valence-corrected chi connectivity index (χ0v) is 13.3. The van der Waals surface area contributed by atoms with E-state index in [0.29, 0.717) is 0 Å². The molecule has 114 valence electrons. The minimum atomic E-state index is -0.542. The maximum atomic E-state index is 9.94. The topological polar surface area (TPSA) is 23.5 Å². The normalized spacial score (nSPS) is 16.7. The van der Waals surface area contributed by atoms with Crippen LogP contribution in [0.15, 0.2) is 48.5 Å². The summed E-state index contributed by atoms with van der Waals surface area (Å²) >= 11 is 0. The molecule has 0 aliphatic carbocycles. The number of rotatable bonds is 4. The number of likely N-dealkylation sites (N-methyl/N-ethyl adjacent to an activating group) is 1. The molecule has 2 aromatic rings. The van der Waals surface area contributed by atoms with Gasteiger partial charge in [0.05, 0.1) is 0 Å². The number of aliphatic hydroxyl groups excluding tert-OH is 1. The lowest BCUT2D eigenvalue weighted by atomic mass is 9.98. The number of fused-ring (bicyclic) bond motifs is 1. The van der Waals surface area contributed by atoms with Crippen LogP contribution in [0, 0.1) is 0 Å². The zero-order chi connectivity index (χ0) is 15.5. The van der Waals surface area contributed by atoms with Crippen LogP contribution in [0.25, 0.3) is 17.2 Å². The smallest absolute Gasteiger partial charge is 0.146 e. The largest absolute Gasteiger partial charge is 0.370 e. The van der Waals surface area contributed by atoms with Crippen molar-refractivity contribution < 1.29 is 5.11 Å². The van der Waals surface area contributed by atoms with E-state index in [2.05, 4.69) is 49.4 Å². The van der Waals surface area contributed by atoms with Crippen molar-refractivity contribution >= 4 is 11.8 Å². The molecular weight excluding hydrogens is 270 g/mol. The number of hydrogen-bond donors (Lipinski definition) is 1. The fourth-order valence-corrected chi connectivity index (χ4v) is 2.88. The summed E-state index contributed by atoms with van der Waals surface area (Å²) in [4.78, 5) is 1.90. The second-order valence-corrected chi connectivity index (χ2v) is 5.96. The number of nitrogens with zero attached hydrogens (tertiary/aromatic N) is 1. The molecule has 1 aliphatic rings. The molecule has 22 heavy (non-hydrogen) atoms. The highest BCUT2D eigenvalue weighted by Crippen LogP contribution is 2.32. The Morgan fingerprint density at radius 1 is 1.05 bits per heavy atom. The first kappa shape index (κ1) is 14.9. The lowest BCUT2D eigenvalue weighted by molar-refractivity contribution is 0.223. The lowest BCUT2D eigenvalue weighted by Gasteiger charge is -2.29. The summed E-state index contributed by atoms with van der Waals surface area (Å²) < 4.78 is 0. The molecule has 3 rings (SSSR count). The van der Waals surface area contributed by atoms with Gasteiger partial charge in [0.15, 0.2) is 0 Å². The van der Waals surface area contributed by atoms with Gasteiger partial charge in [-0.25, -0.2) is 0 Å². The van der Waals surface area contributed by atoms with E-state index >= 15 is 0 Å². The van der Waals surface area contributed by atoms with Crippen LogP contribution < -0.4 is 4.90 Å². The number of anilines is 1. The van der Waals surface area contributed by atoms with Gasteiger partial charge in [0.2, 0.25) is 0 Å². The molecule has 1 unspecified atom stereocenters. The summed E-state index contributed by atoms with van der Waals surface area (Å²) in [5.41, 5.74) is 6.04. The van der Waals surface area contributed by atoms with Gasteiger partial charge < -0.3 is 10.0 Å². The zero-order valence-electron chi connectivity index (χ0n) is 13.3. The van der Waals surface area contributed by atoms with E-state index in [9.17, 15) is 5.11 Å². The van der Waals surface area contributed by atoms with Crippen molar-refractivity contribution in [2.75, 3.05) is 11.9 Å². The fourth-order valence-electron chi connectivity index (χ4n) is 2.88. The molecule has 0 radical (unpaired) electrons. The molecule has 0 spiro atoms. The Kier molecular flexibility index (Phi) is 4.30. The minimum Gasteiger partial charge on any atom is -0.370 e. The first-order valence-corrected chi connectivity index (χ1v) is 8.01. The molecule has 1 heterocycles. The highest BCUT2D eigenvalue weighted by atomic mass is 16.3. The summed E-state index contributed by atoms with van der Waals surface area (Å²) in [6.07, 6.45) is 6.88. The van der Waals surface area contributed by atoms with E-state index in [0.717, 1.165) is 17.7 Å². The van der Waals surface area contributed by atoms with Gasteiger partial charge in [0.25, 0.3) is 0 Å². The van der Waals surface area contributed by atoms with Gasteiger partial charge in [-0.15, -0.1) is 0 Å². The highest BCUT2D eigenvalue weighted by molar-refractivity contribution is 5.78. The number of hydrogen-bond acceptors (Lipinski definition) is 2. The molecule has 2 nitrogen and oxygen atoms in total. The van der Waals surface area contributed by atoms with Crippen molar-refractivity contribution in [3.63, 3.8) is 0 Å². The van der Waals surface area contributed by atoms with Gasteiger partial charge in [-0.1, -0.05) is 55.8 Å². The summed E-state index contributed by atoms with van der Waals surface area (Å²) in [5.74, 6) is 0.